The zero-order chi connectivity index (χ0) is 23.9. The molecule has 0 saturated carbocycles. The molecule has 1 aliphatic rings. The Balaban J connectivity index is 1.33. The summed E-state index contributed by atoms with van der Waals surface area (Å²) in [5.41, 5.74) is 2.66. The molecule has 1 aliphatic heterocycles. The Hall–Kier alpha value is -3.35. The highest BCUT2D eigenvalue weighted by Crippen LogP contribution is 2.20. The van der Waals surface area contributed by atoms with Gasteiger partial charge < -0.3 is 15.4 Å². The van der Waals surface area contributed by atoms with E-state index in [1.54, 1.807) is 55.6 Å². The Bertz CT molecular complexity index is 1120. The molecule has 0 bridgehead atoms. The molecule has 0 radical (unpaired) electrons. The second-order valence-corrected chi connectivity index (χ2v) is 8.81. The van der Waals surface area contributed by atoms with E-state index >= 15 is 0 Å². The number of nitrogens with one attached hydrogen (secondary N) is 2. The molecule has 0 unspecified atom stereocenters. The average Bonchev–Trinajstić information content (AvgIpc) is 2.87. The summed E-state index contributed by atoms with van der Waals surface area (Å²) < 4.78 is 5.14. The van der Waals surface area contributed by atoms with Gasteiger partial charge in [0.2, 0.25) is 0 Å². The number of anilines is 1. The Labute approximate surface area is 204 Å². The standard InChI is InChI=1S/C27H28ClN3O3/c1-34-23-12-8-20(9-13-23)26(32)30-25-5-3-2-4-24(25)27(33)29-22-14-16-31(17-15-22)18-19-6-10-21(28)11-7-19/h2-13,22H,14-18H2,1H3,(H,29,33)(H,30,32). The van der Waals surface area contributed by atoms with Crippen molar-refractivity contribution in [1.29, 1.82) is 0 Å². The lowest BCUT2D eigenvalue weighted by Crippen LogP contribution is -2.44. The van der Waals surface area contributed by atoms with E-state index in [-0.39, 0.29) is 17.9 Å². The molecule has 0 aromatic heterocycles. The number of carbonyl (C=O) groups is 2. The maximum Gasteiger partial charge on any atom is 0.255 e. The molecule has 176 valence electrons. The van der Waals surface area contributed by atoms with Crippen LogP contribution >= 0.6 is 11.6 Å². The van der Waals surface area contributed by atoms with E-state index in [0.717, 1.165) is 37.5 Å². The highest BCUT2D eigenvalue weighted by Gasteiger charge is 2.22. The van der Waals surface area contributed by atoms with Crippen molar-refractivity contribution in [1.82, 2.24) is 10.2 Å². The van der Waals surface area contributed by atoms with Crippen molar-refractivity contribution < 1.29 is 14.3 Å². The fraction of sp³-hybridized carbons (Fsp3) is 0.259. The van der Waals surface area contributed by atoms with Crippen molar-refractivity contribution in [2.45, 2.75) is 25.4 Å². The summed E-state index contributed by atoms with van der Waals surface area (Å²) in [5.74, 6) is 0.218. The largest absolute Gasteiger partial charge is 0.497 e. The number of hydrogen-bond donors (Lipinski definition) is 2. The molecule has 3 aromatic carbocycles. The number of methoxy groups -OCH3 is 1. The summed E-state index contributed by atoms with van der Waals surface area (Å²) in [7, 11) is 1.58. The maximum atomic E-state index is 13.0. The van der Waals surface area contributed by atoms with Crippen LogP contribution in [0.4, 0.5) is 5.69 Å². The van der Waals surface area contributed by atoms with Gasteiger partial charge in [-0.15, -0.1) is 0 Å². The Morgan fingerprint density at radius 3 is 2.29 bits per heavy atom. The summed E-state index contributed by atoms with van der Waals surface area (Å²) in [4.78, 5) is 28.1. The molecule has 7 heteroatoms. The first-order valence-electron chi connectivity index (χ1n) is 11.3. The van der Waals surface area contributed by atoms with Crippen molar-refractivity contribution in [3.05, 3.63) is 94.5 Å². The molecule has 4 rings (SSSR count). The van der Waals surface area contributed by atoms with Crippen molar-refractivity contribution in [3.63, 3.8) is 0 Å². The number of rotatable bonds is 7. The van der Waals surface area contributed by atoms with Crippen LogP contribution in [0.2, 0.25) is 5.02 Å². The lowest BCUT2D eigenvalue weighted by Gasteiger charge is -2.32. The zero-order valence-electron chi connectivity index (χ0n) is 19.1. The molecule has 3 aromatic rings. The van der Waals surface area contributed by atoms with Gasteiger partial charge in [0.15, 0.2) is 0 Å². The third-order valence-electron chi connectivity index (χ3n) is 6.01. The molecule has 0 aliphatic carbocycles. The topological polar surface area (TPSA) is 70.7 Å². The number of amides is 2. The van der Waals surface area contributed by atoms with Crippen LogP contribution in [0.15, 0.2) is 72.8 Å². The minimum absolute atomic E-state index is 0.0966. The summed E-state index contributed by atoms with van der Waals surface area (Å²) in [6.45, 7) is 2.69. The van der Waals surface area contributed by atoms with Gasteiger partial charge in [0.1, 0.15) is 5.75 Å². The molecule has 1 heterocycles. The highest BCUT2D eigenvalue weighted by molar-refractivity contribution is 6.30. The van der Waals surface area contributed by atoms with Crippen LogP contribution < -0.4 is 15.4 Å². The van der Waals surface area contributed by atoms with Gasteiger partial charge in [-0.05, 0) is 66.9 Å². The van der Waals surface area contributed by atoms with E-state index in [4.69, 9.17) is 16.3 Å². The van der Waals surface area contributed by atoms with E-state index in [1.807, 2.05) is 24.3 Å². The van der Waals surface area contributed by atoms with Crippen LogP contribution in [0.1, 0.15) is 39.1 Å². The normalized spacial score (nSPS) is 14.4. The minimum atomic E-state index is -0.279. The quantitative estimate of drug-likeness (QED) is 0.502. The van der Waals surface area contributed by atoms with Crippen LogP contribution in [0.25, 0.3) is 0 Å². The van der Waals surface area contributed by atoms with Gasteiger partial charge in [0, 0.05) is 36.3 Å². The zero-order valence-corrected chi connectivity index (χ0v) is 19.8. The van der Waals surface area contributed by atoms with E-state index < -0.39 is 0 Å². The molecule has 0 atom stereocenters. The van der Waals surface area contributed by atoms with Gasteiger partial charge in [-0.2, -0.15) is 0 Å². The van der Waals surface area contributed by atoms with Crippen molar-refractivity contribution in [3.8, 4) is 5.75 Å². The highest BCUT2D eigenvalue weighted by atomic mass is 35.5. The third-order valence-corrected chi connectivity index (χ3v) is 6.27. The number of benzene rings is 3. The first-order valence-corrected chi connectivity index (χ1v) is 11.7. The Kier molecular flexibility index (Phi) is 7.83. The van der Waals surface area contributed by atoms with E-state index in [0.29, 0.717) is 22.6 Å². The molecule has 34 heavy (non-hydrogen) atoms. The fourth-order valence-corrected chi connectivity index (χ4v) is 4.20. The summed E-state index contributed by atoms with van der Waals surface area (Å²) >= 11 is 5.97. The smallest absolute Gasteiger partial charge is 0.255 e. The molecule has 1 fully saturated rings. The number of hydrogen-bond acceptors (Lipinski definition) is 4. The SMILES string of the molecule is COc1ccc(C(=O)Nc2ccccc2C(=O)NC2CCN(Cc3ccc(Cl)cc3)CC2)cc1. The van der Waals surface area contributed by atoms with E-state index in [2.05, 4.69) is 15.5 Å². The Morgan fingerprint density at radius 2 is 1.62 bits per heavy atom. The predicted octanol–water partition coefficient (Wildman–Crippen LogP) is 5.00. The van der Waals surface area contributed by atoms with Gasteiger partial charge in [0.25, 0.3) is 11.8 Å². The second-order valence-electron chi connectivity index (χ2n) is 8.38. The molecule has 6 nitrogen and oxygen atoms in total. The lowest BCUT2D eigenvalue weighted by molar-refractivity contribution is 0.0910. The molecule has 0 spiro atoms. The number of piperidine rings is 1. The molecule has 2 N–H and O–H groups in total. The maximum absolute atomic E-state index is 13.0. The lowest BCUT2D eigenvalue weighted by atomic mass is 10.0. The first-order chi connectivity index (χ1) is 16.5. The van der Waals surface area contributed by atoms with E-state index in [1.165, 1.54) is 5.56 Å². The van der Waals surface area contributed by atoms with Gasteiger partial charge >= 0.3 is 0 Å². The fourth-order valence-electron chi connectivity index (χ4n) is 4.07. The average molecular weight is 478 g/mol. The van der Waals surface area contributed by atoms with Crippen molar-refractivity contribution >= 4 is 29.1 Å². The van der Waals surface area contributed by atoms with Crippen LogP contribution in [0, 0.1) is 0 Å². The number of nitrogens with zero attached hydrogens (tertiary/aromatic N) is 1. The van der Waals surface area contributed by atoms with Crippen molar-refractivity contribution in [2.24, 2.45) is 0 Å². The summed E-state index contributed by atoms with van der Waals surface area (Å²) in [6.07, 6.45) is 1.75. The van der Waals surface area contributed by atoms with Gasteiger partial charge in [-0.1, -0.05) is 35.9 Å². The molecular formula is C27H28ClN3O3. The molecule has 2 amide bonds. The molecular weight excluding hydrogens is 450 g/mol. The van der Waals surface area contributed by atoms with Crippen LogP contribution in [-0.4, -0.2) is 43.0 Å². The van der Waals surface area contributed by atoms with E-state index in [9.17, 15) is 9.59 Å². The van der Waals surface area contributed by atoms with Gasteiger partial charge in [0.05, 0.1) is 18.4 Å². The second kappa shape index (κ2) is 11.2. The van der Waals surface area contributed by atoms with Crippen LogP contribution in [-0.2, 0) is 6.54 Å². The van der Waals surface area contributed by atoms with Crippen LogP contribution in [0.5, 0.6) is 5.75 Å². The number of carbonyl (C=O) groups excluding carboxylic acids is 2. The summed E-state index contributed by atoms with van der Waals surface area (Å²) in [6, 6.07) is 21.9. The molecule has 1 saturated heterocycles. The first kappa shape index (κ1) is 23.8. The van der Waals surface area contributed by atoms with Gasteiger partial charge in [-0.25, -0.2) is 0 Å². The Morgan fingerprint density at radius 1 is 0.941 bits per heavy atom. The summed E-state index contributed by atoms with van der Waals surface area (Å²) in [5, 5.41) is 6.75. The predicted molar refractivity (Wildman–Crippen MR) is 135 cm³/mol. The number of halogens is 1. The monoisotopic (exact) mass is 477 g/mol. The van der Waals surface area contributed by atoms with Crippen LogP contribution in [0.3, 0.4) is 0 Å². The van der Waals surface area contributed by atoms with Gasteiger partial charge in [-0.3, -0.25) is 14.5 Å². The van der Waals surface area contributed by atoms with Crippen molar-refractivity contribution in [2.75, 3.05) is 25.5 Å². The minimum Gasteiger partial charge on any atom is -0.497 e. The number of ether oxygens (including phenoxy) is 1. The number of para-hydroxylation sites is 1. The third kappa shape index (κ3) is 6.16. The number of likely N-dealkylation sites (tertiary alicyclic amines) is 1.